The van der Waals surface area contributed by atoms with Crippen LogP contribution in [-0.4, -0.2) is 31.6 Å². The van der Waals surface area contributed by atoms with Gasteiger partial charge >= 0.3 is 6.03 Å². The summed E-state index contributed by atoms with van der Waals surface area (Å²) in [5.74, 6) is 0. The second-order valence-electron chi connectivity index (χ2n) is 7.23. The highest BCUT2D eigenvalue weighted by molar-refractivity contribution is 5.97. The SMILES string of the molecule is COC.Cc1ccc(NC(=O)NCc2cccnc2)cc1.O=CNc1cccc2ccccc12.[HH].[HH].[HH]. The Balaban J connectivity index is 0. The van der Waals surface area contributed by atoms with Crippen LogP contribution >= 0.6 is 0 Å². The van der Waals surface area contributed by atoms with E-state index in [0.29, 0.717) is 13.0 Å². The predicted molar refractivity (Wildman–Crippen MR) is 144 cm³/mol. The lowest BCUT2D eigenvalue weighted by atomic mass is 10.1. The molecule has 0 saturated carbocycles. The number of hydrogen-bond donors (Lipinski definition) is 3. The van der Waals surface area contributed by atoms with E-state index in [-0.39, 0.29) is 10.3 Å². The average molecular weight is 465 g/mol. The van der Waals surface area contributed by atoms with Crippen LogP contribution in [0.25, 0.3) is 10.8 Å². The van der Waals surface area contributed by atoms with Crippen LogP contribution in [0.4, 0.5) is 16.2 Å². The highest BCUT2D eigenvalue weighted by atomic mass is 16.4. The molecule has 4 rings (SSSR count). The van der Waals surface area contributed by atoms with E-state index in [1.807, 2.05) is 85.8 Å². The van der Waals surface area contributed by atoms with Crippen molar-refractivity contribution in [1.82, 2.24) is 10.3 Å². The monoisotopic (exact) mass is 464 g/mol. The number of aromatic nitrogens is 1. The van der Waals surface area contributed by atoms with E-state index >= 15 is 0 Å². The standard InChI is InChI=1S/C14H15N3O.C11H9NO.C2H6O.3H2/c1-11-4-6-13(7-5-11)17-14(18)16-10-12-3-2-8-15-9-12;13-8-12-11-7-3-5-9-4-1-2-6-10(9)11;1-3-2;;;/h2-9H,10H2,1H3,(H2,16,17,18);1-8H,(H,12,13);1-2H3;3*1H. The average Bonchev–Trinajstić information content (AvgIpc) is 2.86. The summed E-state index contributed by atoms with van der Waals surface area (Å²) in [4.78, 5) is 25.9. The van der Waals surface area contributed by atoms with Crippen molar-refractivity contribution in [3.63, 3.8) is 0 Å². The zero-order valence-corrected chi connectivity index (χ0v) is 19.6. The highest BCUT2D eigenvalue weighted by Gasteiger charge is 2.01. The van der Waals surface area contributed by atoms with E-state index in [1.54, 1.807) is 26.6 Å². The van der Waals surface area contributed by atoms with Gasteiger partial charge in [-0.25, -0.2) is 4.79 Å². The van der Waals surface area contributed by atoms with Crippen LogP contribution in [0.1, 0.15) is 15.4 Å². The van der Waals surface area contributed by atoms with E-state index in [1.165, 1.54) is 0 Å². The number of rotatable bonds is 5. The van der Waals surface area contributed by atoms with Crippen LogP contribution in [0.2, 0.25) is 0 Å². The van der Waals surface area contributed by atoms with Gasteiger partial charge in [-0.1, -0.05) is 60.2 Å². The maximum absolute atomic E-state index is 11.6. The van der Waals surface area contributed by atoms with Crippen molar-refractivity contribution >= 4 is 34.6 Å². The number of methoxy groups -OCH3 is 1. The van der Waals surface area contributed by atoms with E-state index in [2.05, 4.69) is 25.7 Å². The molecule has 0 bridgehead atoms. The number of pyridine rings is 1. The fourth-order valence-corrected chi connectivity index (χ4v) is 2.91. The Bertz CT molecular complexity index is 1160. The number of nitrogens with zero attached hydrogens (tertiary/aromatic N) is 1. The molecule has 0 saturated heterocycles. The number of fused-ring (bicyclic) bond motifs is 1. The van der Waals surface area contributed by atoms with Crippen molar-refractivity contribution < 1.29 is 18.6 Å². The molecule has 0 aliphatic carbocycles. The molecule has 7 nitrogen and oxygen atoms in total. The van der Waals surface area contributed by atoms with Gasteiger partial charge in [0.15, 0.2) is 0 Å². The van der Waals surface area contributed by atoms with Crippen molar-refractivity contribution in [3.05, 3.63) is 102 Å². The highest BCUT2D eigenvalue weighted by Crippen LogP contribution is 2.22. The molecule has 0 atom stereocenters. The third kappa shape index (κ3) is 9.10. The normalized spacial score (nSPS) is 9.50. The van der Waals surface area contributed by atoms with E-state index < -0.39 is 0 Å². The molecule has 34 heavy (non-hydrogen) atoms. The minimum absolute atomic E-state index is 0. The van der Waals surface area contributed by atoms with Crippen molar-refractivity contribution in [2.45, 2.75) is 13.5 Å². The zero-order chi connectivity index (χ0) is 24.6. The number of aryl methyl sites for hydroxylation is 1. The molecule has 182 valence electrons. The number of hydrogen-bond acceptors (Lipinski definition) is 4. The van der Waals surface area contributed by atoms with Crippen LogP contribution in [-0.2, 0) is 16.1 Å². The number of anilines is 2. The van der Waals surface area contributed by atoms with Crippen LogP contribution in [0.3, 0.4) is 0 Å². The Hall–Kier alpha value is -4.23. The van der Waals surface area contributed by atoms with Gasteiger partial charge < -0.3 is 20.7 Å². The minimum Gasteiger partial charge on any atom is -0.388 e. The van der Waals surface area contributed by atoms with Gasteiger partial charge in [0, 0.05) is 54.2 Å². The van der Waals surface area contributed by atoms with Gasteiger partial charge in [0.25, 0.3) is 0 Å². The fourth-order valence-electron chi connectivity index (χ4n) is 2.91. The van der Waals surface area contributed by atoms with Gasteiger partial charge in [0.1, 0.15) is 0 Å². The summed E-state index contributed by atoms with van der Waals surface area (Å²) in [6.07, 6.45) is 4.13. The topological polar surface area (TPSA) is 92.3 Å². The van der Waals surface area contributed by atoms with Crippen molar-refractivity contribution in [2.75, 3.05) is 24.9 Å². The maximum Gasteiger partial charge on any atom is 0.319 e. The Kier molecular flexibility index (Phi) is 11.3. The Morgan fingerprint density at radius 1 is 0.971 bits per heavy atom. The molecule has 0 aliphatic heterocycles. The van der Waals surface area contributed by atoms with Crippen molar-refractivity contribution in [2.24, 2.45) is 0 Å². The molecular weight excluding hydrogens is 428 g/mol. The second kappa shape index (κ2) is 14.8. The number of amides is 3. The lowest BCUT2D eigenvalue weighted by Crippen LogP contribution is -2.28. The number of nitrogens with one attached hydrogen (secondary N) is 3. The van der Waals surface area contributed by atoms with Gasteiger partial charge in [0.05, 0.1) is 0 Å². The molecule has 0 radical (unpaired) electrons. The van der Waals surface area contributed by atoms with Gasteiger partial charge in [-0.3, -0.25) is 9.78 Å². The van der Waals surface area contributed by atoms with Crippen LogP contribution in [0.15, 0.2) is 91.3 Å². The number of urea groups is 1. The van der Waals surface area contributed by atoms with E-state index in [9.17, 15) is 9.59 Å². The molecule has 4 aromatic rings. The molecule has 3 N–H and O–H groups in total. The fraction of sp³-hybridized carbons (Fsp3) is 0.148. The minimum atomic E-state index is -0.220. The first-order valence-electron chi connectivity index (χ1n) is 10.7. The summed E-state index contributed by atoms with van der Waals surface area (Å²) in [5, 5.41) is 10.4. The molecule has 0 spiro atoms. The first kappa shape index (κ1) is 26.0. The quantitative estimate of drug-likeness (QED) is 0.310. The molecule has 0 aliphatic rings. The van der Waals surface area contributed by atoms with E-state index in [4.69, 9.17) is 0 Å². The molecule has 0 fully saturated rings. The Morgan fingerprint density at radius 2 is 1.68 bits per heavy atom. The molecule has 1 aromatic heterocycles. The number of carbonyl (C=O) groups excluding carboxylic acids is 2. The summed E-state index contributed by atoms with van der Waals surface area (Å²) in [5.41, 5.74) is 3.77. The molecule has 7 heteroatoms. The zero-order valence-electron chi connectivity index (χ0n) is 19.6. The molecule has 0 unspecified atom stereocenters. The number of carbonyl (C=O) groups is 2. The molecular formula is C27H36N4O3. The smallest absolute Gasteiger partial charge is 0.319 e. The van der Waals surface area contributed by atoms with Crippen LogP contribution in [0, 0.1) is 6.92 Å². The van der Waals surface area contributed by atoms with Gasteiger partial charge in [-0.2, -0.15) is 0 Å². The lowest BCUT2D eigenvalue weighted by Gasteiger charge is -2.07. The van der Waals surface area contributed by atoms with Gasteiger partial charge in [-0.05, 0) is 42.1 Å². The number of benzene rings is 3. The van der Waals surface area contributed by atoms with Gasteiger partial charge in [0.2, 0.25) is 6.41 Å². The molecule has 3 amide bonds. The third-order valence-corrected chi connectivity index (χ3v) is 4.49. The lowest BCUT2D eigenvalue weighted by molar-refractivity contribution is -0.105. The first-order chi connectivity index (χ1) is 16.6. The third-order valence-electron chi connectivity index (χ3n) is 4.49. The largest absolute Gasteiger partial charge is 0.388 e. The second-order valence-corrected chi connectivity index (χ2v) is 7.23. The Morgan fingerprint density at radius 3 is 2.35 bits per heavy atom. The maximum atomic E-state index is 11.6. The summed E-state index contributed by atoms with van der Waals surface area (Å²) in [6.45, 7) is 2.47. The van der Waals surface area contributed by atoms with E-state index in [0.717, 1.165) is 33.3 Å². The summed E-state index contributed by atoms with van der Waals surface area (Å²) in [7, 11) is 3.25. The Labute approximate surface area is 204 Å². The molecule has 1 heterocycles. The van der Waals surface area contributed by atoms with Crippen molar-refractivity contribution in [3.8, 4) is 0 Å². The van der Waals surface area contributed by atoms with Crippen molar-refractivity contribution in [1.29, 1.82) is 0 Å². The van der Waals surface area contributed by atoms with Crippen LogP contribution in [0.5, 0.6) is 0 Å². The summed E-state index contributed by atoms with van der Waals surface area (Å²) >= 11 is 0. The first-order valence-corrected chi connectivity index (χ1v) is 10.7. The summed E-state index contributed by atoms with van der Waals surface area (Å²) < 4.78 is 4.25. The number of ether oxygens (including phenoxy) is 1. The molecule has 3 aromatic carbocycles. The van der Waals surface area contributed by atoms with Gasteiger partial charge in [-0.15, -0.1) is 0 Å². The predicted octanol–water partition coefficient (Wildman–Crippen LogP) is 6.12. The van der Waals surface area contributed by atoms with Crippen LogP contribution < -0.4 is 16.0 Å². The summed E-state index contributed by atoms with van der Waals surface area (Å²) in [6, 6.07) is 25.0.